The number of carbonyl (C=O) groups is 1. The molecule has 3 heteroatoms. The number of rotatable bonds is 3. The second-order valence-corrected chi connectivity index (χ2v) is 6.55. The van der Waals surface area contributed by atoms with Crippen molar-refractivity contribution in [2.24, 2.45) is 5.92 Å². The first-order chi connectivity index (χ1) is 10.1. The Labute approximate surface area is 127 Å². The van der Waals surface area contributed by atoms with E-state index in [0.29, 0.717) is 0 Å². The number of hydrogen-bond acceptors (Lipinski definition) is 2. The van der Waals surface area contributed by atoms with Gasteiger partial charge in [-0.25, -0.2) is 0 Å². The maximum Gasteiger partial charge on any atom is 0.263 e. The van der Waals surface area contributed by atoms with Crippen molar-refractivity contribution in [3.8, 4) is 5.75 Å². The molecule has 3 rings (SSSR count). The van der Waals surface area contributed by atoms with Crippen LogP contribution in [0.15, 0.2) is 18.2 Å². The molecule has 1 fully saturated rings. The fourth-order valence-electron chi connectivity index (χ4n) is 3.36. The third kappa shape index (κ3) is 3.22. The Bertz CT molecular complexity index is 518. The Morgan fingerprint density at radius 1 is 1.24 bits per heavy atom. The Balaban J connectivity index is 1.60. The van der Waals surface area contributed by atoms with Crippen LogP contribution in [0.25, 0.3) is 0 Å². The SMILES string of the molecule is CC1CCN(C(=O)C(C)Oc2ccc3c(c2)CCC3)CC1. The fourth-order valence-corrected chi connectivity index (χ4v) is 3.36. The molecule has 0 bridgehead atoms. The van der Waals surface area contributed by atoms with Crippen molar-refractivity contribution < 1.29 is 9.53 Å². The number of piperidine rings is 1. The number of amides is 1. The lowest BCUT2D eigenvalue weighted by Crippen LogP contribution is -2.44. The van der Waals surface area contributed by atoms with Crippen LogP contribution in [0.4, 0.5) is 0 Å². The zero-order chi connectivity index (χ0) is 14.8. The Morgan fingerprint density at radius 2 is 1.95 bits per heavy atom. The molecule has 21 heavy (non-hydrogen) atoms. The number of benzene rings is 1. The first-order valence-corrected chi connectivity index (χ1v) is 8.21. The molecule has 114 valence electrons. The highest BCUT2D eigenvalue weighted by Crippen LogP contribution is 2.27. The number of hydrogen-bond donors (Lipinski definition) is 0. The van der Waals surface area contributed by atoms with Gasteiger partial charge in [0.25, 0.3) is 5.91 Å². The van der Waals surface area contributed by atoms with Crippen molar-refractivity contribution in [2.45, 2.75) is 52.1 Å². The van der Waals surface area contributed by atoms with Gasteiger partial charge in [-0.15, -0.1) is 0 Å². The van der Waals surface area contributed by atoms with E-state index in [2.05, 4.69) is 19.1 Å². The highest BCUT2D eigenvalue weighted by atomic mass is 16.5. The number of aryl methyl sites for hydroxylation is 2. The second kappa shape index (κ2) is 6.08. The van der Waals surface area contributed by atoms with Crippen molar-refractivity contribution in [1.29, 1.82) is 0 Å². The predicted molar refractivity (Wildman–Crippen MR) is 83.5 cm³/mol. The summed E-state index contributed by atoms with van der Waals surface area (Å²) in [4.78, 5) is 14.4. The summed E-state index contributed by atoms with van der Waals surface area (Å²) in [5.74, 6) is 1.70. The summed E-state index contributed by atoms with van der Waals surface area (Å²) in [7, 11) is 0. The normalized spacial score (nSPS) is 20.2. The van der Waals surface area contributed by atoms with Crippen LogP contribution in [-0.4, -0.2) is 30.0 Å². The second-order valence-electron chi connectivity index (χ2n) is 6.55. The van der Waals surface area contributed by atoms with E-state index in [9.17, 15) is 4.79 Å². The fraction of sp³-hybridized carbons (Fsp3) is 0.611. The minimum atomic E-state index is -0.391. The van der Waals surface area contributed by atoms with E-state index in [1.165, 1.54) is 24.0 Å². The maximum absolute atomic E-state index is 12.4. The van der Waals surface area contributed by atoms with E-state index >= 15 is 0 Å². The molecule has 2 aliphatic rings. The van der Waals surface area contributed by atoms with Gasteiger partial charge in [-0.1, -0.05) is 13.0 Å². The molecule has 0 aromatic heterocycles. The summed E-state index contributed by atoms with van der Waals surface area (Å²) in [6, 6.07) is 6.27. The summed E-state index contributed by atoms with van der Waals surface area (Å²) < 4.78 is 5.89. The smallest absolute Gasteiger partial charge is 0.263 e. The molecule has 1 unspecified atom stereocenters. The van der Waals surface area contributed by atoms with Crippen LogP contribution in [0.3, 0.4) is 0 Å². The zero-order valence-electron chi connectivity index (χ0n) is 13.1. The average molecular weight is 287 g/mol. The number of carbonyl (C=O) groups excluding carboxylic acids is 1. The Morgan fingerprint density at radius 3 is 2.71 bits per heavy atom. The number of nitrogens with zero attached hydrogens (tertiary/aromatic N) is 1. The number of fused-ring (bicyclic) bond motifs is 1. The molecule has 0 spiro atoms. The van der Waals surface area contributed by atoms with Crippen LogP contribution in [0.2, 0.25) is 0 Å². The molecule has 1 atom stereocenters. The summed E-state index contributed by atoms with van der Waals surface area (Å²) in [5.41, 5.74) is 2.82. The van der Waals surface area contributed by atoms with Gasteiger partial charge in [-0.05, 0) is 68.2 Å². The van der Waals surface area contributed by atoms with Crippen LogP contribution in [0, 0.1) is 5.92 Å². The zero-order valence-corrected chi connectivity index (χ0v) is 13.1. The molecule has 1 saturated heterocycles. The topological polar surface area (TPSA) is 29.5 Å². The lowest BCUT2D eigenvalue weighted by atomic mass is 9.99. The van der Waals surface area contributed by atoms with Crippen LogP contribution < -0.4 is 4.74 Å². The minimum absolute atomic E-state index is 0.127. The Kier molecular flexibility index (Phi) is 4.18. The van der Waals surface area contributed by atoms with E-state index in [4.69, 9.17) is 4.74 Å². The summed E-state index contributed by atoms with van der Waals surface area (Å²) in [5, 5.41) is 0. The average Bonchev–Trinajstić information content (AvgIpc) is 2.95. The van der Waals surface area contributed by atoms with E-state index in [0.717, 1.165) is 44.0 Å². The lowest BCUT2D eigenvalue weighted by molar-refractivity contribution is -0.139. The molecule has 0 saturated carbocycles. The molecule has 1 amide bonds. The number of ether oxygens (including phenoxy) is 1. The maximum atomic E-state index is 12.4. The summed E-state index contributed by atoms with van der Waals surface area (Å²) >= 11 is 0. The Hall–Kier alpha value is -1.51. The predicted octanol–water partition coefficient (Wildman–Crippen LogP) is 3.20. The van der Waals surface area contributed by atoms with Crippen LogP contribution in [-0.2, 0) is 17.6 Å². The molecule has 1 aromatic rings. The summed E-state index contributed by atoms with van der Waals surface area (Å²) in [6.45, 7) is 5.87. The van der Waals surface area contributed by atoms with Crippen LogP contribution >= 0.6 is 0 Å². The molecule has 1 aliphatic carbocycles. The number of likely N-dealkylation sites (tertiary alicyclic amines) is 1. The van der Waals surface area contributed by atoms with Gasteiger partial charge >= 0.3 is 0 Å². The first kappa shape index (κ1) is 14.4. The van der Waals surface area contributed by atoms with Gasteiger partial charge in [-0.3, -0.25) is 4.79 Å². The minimum Gasteiger partial charge on any atom is -0.481 e. The molecule has 1 heterocycles. The van der Waals surface area contributed by atoms with E-state index in [-0.39, 0.29) is 5.91 Å². The third-order valence-corrected chi connectivity index (χ3v) is 4.83. The largest absolute Gasteiger partial charge is 0.481 e. The van der Waals surface area contributed by atoms with Gasteiger partial charge in [0.1, 0.15) is 5.75 Å². The lowest BCUT2D eigenvalue weighted by Gasteiger charge is -2.32. The van der Waals surface area contributed by atoms with Gasteiger partial charge in [0.05, 0.1) is 0 Å². The molecular weight excluding hydrogens is 262 g/mol. The molecular formula is C18H25NO2. The standard InChI is InChI=1S/C18H25NO2/c1-13-8-10-19(11-9-13)18(20)14(2)21-17-7-6-15-4-3-5-16(15)12-17/h6-7,12-14H,3-5,8-11H2,1-2H3. The van der Waals surface area contributed by atoms with Crippen molar-refractivity contribution in [3.63, 3.8) is 0 Å². The van der Waals surface area contributed by atoms with Gasteiger partial charge in [0.2, 0.25) is 0 Å². The van der Waals surface area contributed by atoms with E-state index < -0.39 is 6.10 Å². The van der Waals surface area contributed by atoms with Gasteiger partial charge in [-0.2, -0.15) is 0 Å². The molecule has 1 aliphatic heterocycles. The van der Waals surface area contributed by atoms with Gasteiger partial charge < -0.3 is 9.64 Å². The van der Waals surface area contributed by atoms with Gasteiger partial charge in [0, 0.05) is 13.1 Å². The van der Waals surface area contributed by atoms with E-state index in [1.54, 1.807) is 0 Å². The van der Waals surface area contributed by atoms with Crippen molar-refractivity contribution in [2.75, 3.05) is 13.1 Å². The first-order valence-electron chi connectivity index (χ1n) is 8.21. The van der Waals surface area contributed by atoms with Crippen LogP contribution in [0.5, 0.6) is 5.75 Å². The highest BCUT2D eigenvalue weighted by Gasteiger charge is 2.25. The monoisotopic (exact) mass is 287 g/mol. The van der Waals surface area contributed by atoms with Crippen molar-refractivity contribution in [3.05, 3.63) is 29.3 Å². The highest BCUT2D eigenvalue weighted by molar-refractivity contribution is 5.81. The van der Waals surface area contributed by atoms with Gasteiger partial charge in [0.15, 0.2) is 6.10 Å². The molecule has 1 aromatic carbocycles. The summed E-state index contributed by atoms with van der Waals surface area (Å²) in [6.07, 6.45) is 5.38. The van der Waals surface area contributed by atoms with Crippen molar-refractivity contribution in [1.82, 2.24) is 4.90 Å². The molecule has 3 nitrogen and oxygen atoms in total. The molecule has 0 radical (unpaired) electrons. The van der Waals surface area contributed by atoms with Crippen LogP contribution in [0.1, 0.15) is 44.2 Å². The van der Waals surface area contributed by atoms with Crippen molar-refractivity contribution >= 4 is 5.91 Å². The third-order valence-electron chi connectivity index (χ3n) is 4.83. The van der Waals surface area contributed by atoms with E-state index in [1.807, 2.05) is 17.9 Å². The molecule has 0 N–H and O–H groups in total. The quantitative estimate of drug-likeness (QED) is 0.854.